The first-order valence-corrected chi connectivity index (χ1v) is 10.8. The Bertz CT molecular complexity index is 331. The van der Waals surface area contributed by atoms with Gasteiger partial charge in [0.2, 0.25) is 0 Å². The van der Waals surface area contributed by atoms with E-state index in [1.54, 1.807) is 0 Å². The van der Waals surface area contributed by atoms with Crippen molar-refractivity contribution in [3.05, 3.63) is 24.3 Å². The van der Waals surface area contributed by atoms with Crippen molar-refractivity contribution in [2.24, 2.45) is 0 Å². The van der Waals surface area contributed by atoms with Crippen LogP contribution in [-0.2, 0) is 9.53 Å². The first-order chi connectivity index (χ1) is 12.3. The summed E-state index contributed by atoms with van der Waals surface area (Å²) in [6.45, 7) is 5.01. The minimum atomic E-state index is -0.0122. The quantitative estimate of drug-likeness (QED) is 0.145. The normalized spacial score (nSPS) is 11.6. The fraction of sp³-hybridized carbons (Fsp3) is 0.783. The summed E-state index contributed by atoms with van der Waals surface area (Å²) in [5.74, 6) is -0.0122. The van der Waals surface area contributed by atoms with Crippen molar-refractivity contribution in [3.63, 3.8) is 0 Å². The van der Waals surface area contributed by atoms with E-state index in [1.807, 2.05) is 0 Å². The lowest BCUT2D eigenvalue weighted by molar-refractivity contribution is -0.143. The van der Waals surface area contributed by atoms with Crippen LogP contribution in [0.5, 0.6) is 0 Å². The molecule has 0 aromatic carbocycles. The maximum absolute atomic E-state index is 11.5. The molecular weight excluding hydrogens is 308 g/mol. The average molecular weight is 351 g/mol. The molecule has 0 saturated carbocycles. The molecule has 2 nitrogen and oxygen atoms in total. The van der Waals surface area contributed by atoms with Crippen LogP contribution < -0.4 is 0 Å². The molecule has 2 heteroatoms. The molecule has 0 radical (unpaired) electrons. The van der Waals surface area contributed by atoms with Gasteiger partial charge in [0.15, 0.2) is 0 Å². The Balaban J connectivity index is 3.25. The number of carbonyl (C=O) groups is 1. The summed E-state index contributed by atoms with van der Waals surface area (Å²) < 4.78 is 5.21. The van der Waals surface area contributed by atoms with Gasteiger partial charge in [0.25, 0.3) is 0 Å². The lowest BCUT2D eigenvalue weighted by Crippen LogP contribution is -2.05. The zero-order valence-corrected chi connectivity index (χ0v) is 16.9. The van der Waals surface area contributed by atoms with Crippen LogP contribution in [0.1, 0.15) is 110 Å². The second-order valence-electron chi connectivity index (χ2n) is 6.91. The van der Waals surface area contributed by atoms with Gasteiger partial charge in [-0.25, -0.2) is 0 Å². The molecule has 0 amide bonds. The summed E-state index contributed by atoms with van der Waals surface area (Å²) >= 11 is 0. The van der Waals surface area contributed by atoms with Crippen molar-refractivity contribution in [1.82, 2.24) is 0 Å². The van der Waals surface area contributed by atoms with Gasteiger partial charge in [-0.15, -0.1) is 0 Å². The van der Waals surface area contributed by atoms with Crippen molar-refractivity contribution in [2.45, 2.75) is 110 Å². The molecule has 0 saturated heterocycles. The van der Waals surface area contributed by atoms with E-state index in [1.165, 1.54) is 57.8 Å². The fourth-order valence-electron chi connectivity index (χ4n) is 2.69. The third-order valence-corrected chi connectivity index (χ3v) is 4.34. The number of esters is 1. The third-order valence-electron chi connectivity index (χ3n) is 4.34. The van der Waals surface area contributed by atoms with Crippen LogP contribution in [-0.4, -0.2) is 12.6 Å². The van der Waals surface area contributed by atoms with E-state index in [2.05, 4.69) is 38.2 Å². The van der Waals surface area contributed by atoms with Crippen LogP contribution in [0, 0.1) is 0 Å². The molecule has 0 aliphatic carbocycles. The Kier molecular flexibility index (Phi) is 20.1. The molecule has 25 heavy (non-hydrogen) atoms. The molecule has 0 fully saturated rings. The van der Waals surface area contributed by atoms with Crippen molar-refractivity contribution in [2.75, 3.05) is 6.61 Å². The van der Waals surface area contributed by atoms with E-state index < -0.39 is 0 Å². The maximum Gasteiger partial charge on any atom is 0.305 e. The van der Waals surface area contributed by atoms with Crippen LogP contribution in [0.4, 0.5) is 0 Å². The maximum atomic E-state index is 11.5. The van der Waals surface area contributed by atoms with Crippen LogP contribution in [0.3, 0.4) is 0 Å². The number of hydrogen-bond donors (Lipinski definition) is 0. The average Bonchev–Trinajstić information content (AvgIpc) is 2.62. The highest BCUT2D eigenvalue weighted by atomic mass is 16.5. The molecular formula is C23H42O2. The standard InChI is InChI=1S/C23H42O2/c1-3-5-7-8-9-10-11-12-13-14-15-16-17-18-19-21-23(24)25-22-20-6-4-2/h9-10,12-13H,3-8,11,14-22H2,1-2H3/b10-9?,13-12-. The van der Waals surface area contributed by atoms with E-state index in [-0.39, 0.29) is 5.97 Å². The van der Waals surface area contributed by atoms with Gasteiger partial charge in [0.05, 0.1) is 6.61 Å². The number of unbranched alkanes of at least 4 members (excludes halogenated alkanes) is 10. The molecule has 0 heterocycles. The predicted molar refractivity (Wildman–Crippen MR) is 110 cm³/mol. The second-order valence-corrected chi connectivity index (χ2v) is 6.91. The molecule has 0 aliphatic rings. The summed E-state index contributed by atoms with van der Waals surface area (Å²) in [7, 11) is 0. The second kappa shape index (κ2) is 21.0. The van der Waals surface area contributed by atoms with E-state index in [4.69, 9.17) is 4.74 Å². The number of carbonyl (C=O) groups excluding carboxylic acids is 1. The topological polar surface area (TPSA) is 26.3 Å². The smallest absolute Gasteiger partial charge is 0.305 e. The van der Waals surface area contributed by atoms with Gasteiger partial charge in [-0.2, -0.15) is 0 Å². The van der Waals surface area contributed by atoms with Gasteiger partial charge >= 0.3 is 5.97 Å². The molecule has 0 rings (SSSR count). The zero-order valence-electron chi connectivity index (χ0n) is 16.9. The summed E-state index contributed by atoms with van der Waals surface area (Å²) in [4.78, 5) is 11.5. The largest absolute Gasteiger partial charge is 0.466 e. The summed E-state index contributed by atoms with van der Waals surface area (Å²) in [5, 5.41) is 0. The Hall–Kier alpha value is -1.05. The molecule has 0 aromatic rings. The SMILES string of the molecule is CCCCCC=CC/C=C\CCCCCCCC(=O)OCCCCC. The Labute approximate surface area is 157 Å². The van der Waals surface area contributed by atoms with Crippen LogP contribution in [0.2, 0.25) is 0 Å². The van der Waals surface area contributed by atoms with E-state index in [9.17, 15) is 4.79 Å². The van der Waals surface area contributed by atoms with Gasteiger partial charge < -0.3 is 4.74 Å². The molecule has 0 bridgehead atoms. The minimum absolute atomic E-state index is 0.0122. The van der Waals surface area contributed by atoms with E-state index in [0.29, 0.717) is 13.0 Å². The van der Waals surface area contributed by atoms with E-state index in [0.717, 1.165) is 32.1 Å². The van der Waals surface area contributed by atoms with Crippen LogP contribution in [0.25, 0.3) is 0 Å². The molecule has 0 N–H and O–H groups in total. The predicted octanol–water partition coefficient (Wildman–Crippen LogP) is 7.53. The van der Waals surface area contributed by atoms with Crippen molar-refractivity contribution in [1.29, 1.82) is 0 Å². The van der Waals surface area contributed by atoms with Gasteiger partial charge in [-0.1, -0.05) is 83.1 Å². The number of hydrogen-bond acceptors (Lipinski definition) is 2. The number of ether oxygens (including phenoxy) is 1. The zero-order chi connectivity index (χ0) is 18.4. The molecule has 0 atom stereocenters. The highest BCUT2D eigenvalue weighted by molar-refractivity contribution is 5.69. The van der Waals surface area contributed by atoms with Crippen LogP contribution >= 0.6 is 0 Å². The Morgan fingerprint density at radius 2 is 1.24 bits per heavy atom. The Morgan fingerprint density at radius 1 is 0.680 bits per heavy atom. The molecule has 0 aromatic heterocycles. The number of allylic oxidation sites excluding steroid dienone is 4. The van der Waals surface area contributed by atoms with Crippen LogP contribution in [0.15, 0.2) is 24.3 Å². The molecule has 0 spiro atoms. The van der Waals surface area contributed by atoms with E-state index >= 15 is 0 Å². The van der Waals surface area contributed by atoms with Gasteiger partial charge in [0, 0.05) is 6.42 Å². The van der Waals surface area contributed by atoms with Crippen molar-refractivity contribution in [3.8, 4) is 0 Å². The van der Waals surface area contributed by atoms with Gasteiger partial charge in [0.1, 0.15) is 0 Å². The third kappa shape index (κ3) is 20.9. The first kappa shape index (κ1) is 23.9. The molecule has 0 unspecified atom stereocenters. The lowest BCUT2D eigenvalue weighted by atomic mass is 10.1. The molecule has 0 aliphatic heterocycles. The lowest BCUT2D eigenvalue weighted by Gasteiger charge is -2.04. The first-order valence-electron chi connectivity index (χ1n) is 10.8. The number of rotatable bonds is 18. The molecule has 146 valence electrons. The summed E-state index contributed by atoms with van der Waals surface area (Å²) in [6.07, 6.45) is 26.5. The fourth-order valence-corrected chi connectivity index (χ4v) is 2.69. The van der Waals surface area contributed by atoms with Gasteiger partial charge in [-0.05, 0) is 44.9 Å². The van der Waals surface area contributed by atoms with Crippen molar-refractivity contribution < 1.29 is 9.53 Å². The summed E-state index contributed by atoms with van der Waals surface area (Å²) in [5.41, 5.74) is 0. The highest BCUT2D eigenvalue weighted by Gasteiger charge is 2.01. The highest BCUT2D eigenvalue weighted by Crippen LogP contribution is 2.09. The van der Waals surface area contributed by atoms with Gasteiger partial charge in [-0.3, -0.25) is 4.79 Å². The minimum Gasteiger partial charge on any atom is -0.466 e. The monoisotopic (exact) mass is 350 g/mol. The summed E-state index contributed by atoms with van der Waals surface area (Å²) in [6, 6.07) is 0. The van der Waals surface area contributed by atoms with Crippen molar-refractivity contribution >= 4 is 5.97 Å². The Morgan fingerprint density at radius 3 is 1.92 bits per heavy atom.